The van der Waals surface area contributed by atoms with Crippen LogP contribution in [0.4, 0.5) is 11.4 Å². The molecular weight excluding hydrogens is 444 g/mol. The highest BCUT2D eigenvalue weighted by Gasteiger charge is 2.43. The average molecular weight is 480 g/mol. The van der Waals surface area contributed by atoms with Crippen LogP contribution < -0.4 is 4.90 Å². The molecule has 0 amide bonds. The maximum atomic E-state index is 11.8. The van der Waals surface area contributed by atoms with Gasteiger partial charge >= 0.3 is 0 Å². The Morgan fingerprint density at radius 1 is 1.03 bits per heavy atom. The summed E-state index contributed by atoms with van der Waals surface area (Å²) < 4.78 is 35.4. The summed E-state index contributed by atoms with van der Waals surface area (Å²) in [6, 6.07) is 14.3. The van der Waals surface area contributed by atoms with Crippen molar-refractivity contribution in [1.82, 2.24) is 0 Å². The van der Waals surface area contributed by atoms with Crippen LogP contribution in [0, 0.1) is 6.92 Å². The maximum Gasteiger partial charge on any atom is 0.283 e. The first kappa shape index (κ1) is 25.7. The number of nitrogens with zero attached hydrogens (tertiary/aromatic N) is 2. The van der Waals surface area contributed by atoms with Gasteiger partial charge in [-0.1, -0.05) is 49.8 Å². The SMILES string of the molecule is C=C.Cc1ccc2c(c1)C(C)(C)C(C=CC=C1N(CS(=O)(=O)O)c3ccccc3C1(C)C)=[N+]2C. The molecule has 0 radical (unpaired) electrons. The lowest BCUT2D eigenvalue weighted by molar-refractivity contribution is -0.401. The van der Waals surface area contributed by atoms with Gasteiger partial charge in [0.05, 0.1) is 5.41 Å². The van der Waals surface area contributed by atoms with Gasteiger partial charge < -0.3 is 4.90 Å². The number of anilines is 1. The minimum atomic E-state index is -4.19. The molecule has 2 aliphatic heterocycles. The van der Waals surface area contributed by atoms with Crippen LogP contribution in [0.3, 0.4) is 0 Å². The van der Waals surface area contributed by atoms with Gasteiger partial charge in [-0.25, -0.2) is 0 Å². The molecule has 0 unspecified atom stereocenters. The standard InChI is InChI=1S/C26H30N2O3S.C2H4/c1-18-14-15-21-20(16-18)26(4,5)23(27(21)6)12-9-13-24-25(2,3)19-10-7-8-11-22(19)28(24)17-32(29,30)31;1-2/h7-16H,17H2,1-6H3;1-2H2/p+1. The molecule has 2 aliphatic rings. The number of allylic oxidation sites excluding steroid dienone is 4. The Bertz CT molecular complexity index is 1310. The number of para-hydroxylation sites is 1. The molecular formula is C28H35N2O3S+. The number of hydrogen-bond donors (Lipinski definition) is 1. The molecule has 0 aliphatic carbocycles. The Balaban J connectivity index is 0.00000158. The third-order valence-corrected chi connectivity index (χ3v) is 7.37. The van der Waals surface area contributed by atoms with E-state index < -0.39 is 21.4 Å². The molecule has 34 heavy (non-hydrogen) atoms. The predicted octanol–water partition coefficient (Wildman–Crippen LogP) is 5.89. The second-order valence-electron chi connectivity index (χ2n) is 9.78. The van der Waals surface area contributed by atoms with Gasteiger partial charge in [0, 0.05) is 34.5 Å². The second kappa shape index (κ2) is 9.01. The smallest absolute Gasteiger partial charge is 0.283 e. The predicted molar refractivity (Wildman–Crippen MR) is 142 cm³/mol. The van der Waals surface area contributed by atoms with E-state index in [1.807, 2.05) is 36.4 Å². The molecule has 0 atom stereocenters. The largest absolute Gasteiger partial charge is 0.327 e. The molecule has 0 aromatic heterocycles. The van der Waals surface area contributed by atoms with E-state index in [0.29, 0.717) is 0 Å². The highest BCUT2D eigenvalue weighted by atomic mass is 32.2. The molecule has 4 rings (SSSR count). The van der Waals surface area contributed by atoms with Gasteiger partial charge in [0.15, 0.2) is 11.6 Å². The zero-order chi connectivity index (χ0) is 25.5. The first-order valence-corrected chi connectivity index (χ1v) is 12.9. The fraction of sp³-hybridized carbons (Fsp3) is 0.321. The van der Waals surface area contributed by atoms with Crippen LogP contribution in [-0.4, -0.2) is 36.2 Å². The molecule has 2 aromatic carbocycles. The molecule has 0 bridgehead atoms. The van der Waals surface area contributed by atoms with Crippen LogP contribution in [0.15, 0.2) is 79.5 Å². The molecule has 0 fully saturated rings. The van der Waals surface area contributed by atoms with Crippen molar-refractivity contribution in [3.63, 3.8) is 0 Å². The highest BCUT2D eigenvalue weighted by molar-refractivity contribution is 7.85. The fourth-order valence-corrected chi connectivity index (χ4v) is 5.73. The molecule has 6 heteroatoms. The summed E-state index contributed by atoms with van der Waals surface area (Å²) in [4.78, 5) is 1.70. The van der Waals surface area contributed by atoms with Gasteiger partial charge in [-0.05, 0) is 44.5 Å². The summed E-state index contributed by atoms with van der Waals surface area (Å²) >= 11 is 0. The first-order valence-electron chi connectivity index (χ1n) is 11.3. The topological polar surface area (TPSA) is 60.6 Å². The quantitative estimate of drug-likeness (QED) is 0.338. The minimum Gasteiger partial charge on any atom is -0.327 e. The molecule has 180 valence electrons. The van der Waals surface area contributed by atoms with E-state index in [-0.39, 0.29) is 5.41 Å². The van der Waals surface area contributed by atoms with Crippen molar-refractivity contribution >= 4 is 27.2 Å². The molecule has 2 heterocycles. The fourth-order valence-electron chi connectivity index (χ4n) is 5.12. The molecule has 0 spiro atoms. The van der Waals surface area contributed by atoms with E-state index in [1.165, 1.54) is 22.5 Å². The molecule has 0 saturated heterocycles. The molecule has 0 saturated carbocycles. The summed E-state index contributed by atoms with van der Waals surface area (Å²) in [6.45, 7) is 16.7. The Kier molecular flexibility index (Phi) is 6.80. The van der Waals surface area contributed by atoms with Crippen LogP contribution >= 0.6 is 0 Å². The van der Waals surface area contributed by atoms with E-state index in [0.717, 1.165) is 16.9 Å². The van der Waals surface area contributed by atoms with Crippen LogP contribution in [-0.2, 0) is 20.9 Å². The van der Waals surface area contributed by atoms with Crippen LogP contribution in [0.25, 0.3) is 0 Å². The third kappa shape index (κ3) is 4.40. The number of aryl methyl sites for hydroxylation is 1. The monoisotopic (exact) mass is 479 g/mol. The average Bonchev–Trinajstić information content (AvgIpc) is 3.08. The van der Waals surface area contributed by atoms with Gasteiger partial charge in [0.1, 0.15) is 7.05 Å². The second-order valence-corrected chi connectivity index (χ2v) is 11.2. The minimum absolute atomic E-state index is 0.145. The number of hydrogen-bond acceptors (Lipinski definition) is 3. The lowest BCUT2D eigenvalue weighted by atomic mass is 9.80. The first-order chi connectivity index (χ1) is 15.8. The van der Waals surface area contributed by atoms with E-state index in [9.17, 15) is 13.0 Å². The Morgan fingerprint density at radius 2 is 1.68 bits per heavy atom. The summed E-state index contributed by atoms with van der Waals surface area (Å²) in [5.74, 6) is -0.472. The van der Waals surface area contributed by atoms with Crippen molar-refractivity contribution in [2.45, 2.75) is 45.4 Å². The van der Waals surface area contributed by atoms with Crippen molar-refractivity contribution < 1.29 is 17.5 Å². The normalized spacial score (nSPS) is 19.3. The van der Waals surface area contributed by atoms with Crippen molar-refractivity contribution in [1.29, 1.82) is 0 Å². The number of fused-ring (bicyclic) bond motifs is 2. The van der Waals surface area contributed by atoms with Crippen molar-refractivity contribution in [2.24, 2.45) is 0 Å². The summed E-state index contributed by atoms with van der Waals surface area (Å²) in [7, 11) is -2.12. The van der Waals surface area contributed by atoms with Crippen molar-refractivity contribution in [3.8, 4) is 0 Å². The zero-order valence-corrected chi connectivity index (χ0v) is 21.8. The lowest BCUT2D eigenvalue weighted by Gasteiger charge is -2.25. The zero-order valence-electron chi connectivity index (χ0n) is 21.0. The molecule has 5 nitrogen and oxygen atoms in total. The Hall–Kier alpha value is -2.96. The maximum absolute atomic E-state index is 11.8. The number of benzene rings is 2. The van der Waals surface area contributed by atoms with Gasteiger partial charge in [0.25, 0.3) is 10.1 Å². The van der Waals surface area contributed by atoms with Gasteiger partial charge in [0.2, 0.25) is 5.69 Å². The van der Waals surface area contributed by atoms with Gasteiger partial charge in [-0.2, -0.15) is 13.0 Å². The summed E-state index contributed by atoms with van der Waals surface area (Å²) in [6.07, 6.45) is 6.07. The van der Waals surface area contributed by atoms with Crippen molar-refractivity contribution in [2.75, 3.05) is 17.8 Å². The van der Waals surface area contributed by atoms with E-state index in [2.05, 4.69) is 83.7 Å². The number of rotatable bonds is 4. The van der Waals surface area contributed by atoms with E-state index in [1.54, 1.807) is 4.90 Å². The van der Waals surface area contributed by atoms with Crippen molar-refractivity contribution in [3.05, 3.63) is 96.2 Å². The molecule has 1 N–H and O–H groups in total. The van der Waals surface area contributed by atoms with Crippen LogP contribution in [0.5, 0.6) is 0 Å². The lowest BCUT2D eigenvalue weighted by Crippen LogP contribution is -2.30. The van der Waals surface area contributed by atoms with Gasteiger partial charge in [-0.3, -0.25) is 4.55 Å². The van der Waals surface area contributed by atoms with Gasteiger partial charge in [-0.15, -0.1) is 13.2 Å². The van der Waals surface area contributed by atoms with E-state index in [4.69, 9.17) is 0 Å². The third-order valence-electron chi connectivity index (χ3n) is 6.79. The summed E-state index contributed by atoms with van der Waals surface area (Å²) in [5, 5.41) is 0. The van der Waals surface area contributed by atoms with Crippen LogP contribution in [0.1, 0.15) is 44.4 Å². The van der Waals surface area contributed by atoms with E-state index >= 15 is 0 Å². The molecule has 2 aromatic rings. The Morgan fingerprint density at radius 3 is 2.32 bits per heavy atom. The Labute approximate surface area is 204 Å². The summed E-state index contributed by atoms with van der Waals surface area (Å²) in [5.41, 5.74) is 7.05. The highest BCUT2D eigenvalue weighted by Crippen LogP contribution is 2.47. The van der Waals surface area contributed by atoms with Crippen LogP contribution in [0.2, 0.25) is 0 Å².